The summed E-state index contributed by atoms with van der Waals surface area (Å²) in [6, 6.07) is 9.23. The Kier molecular flexibility index (Phi) is 6.17. The maximum absolute atomic E-state index is 2.47. The van der Waals surface area contributed by atoms with E-state index >= 15 is 0 Å². The average molecular weight is 419 g/mol. The third-order valence-electron chi connectivity index (χ3n) is 6.77. The van der Waals surface area contributed by atoms with Gasteiger partial charge in [-0.1, -0.05) is 35.4 Å². The molecule has 2 aliphatic heterocycles. The highest BCUT2D eigenvalue weighted by molar-refractivity contribution is 5.53. The van der Waals surface area contributed by atoms with Crippen LogP contribution in [-0.2, 0) is 13.1 Å². The summed E-state index contributed by atoms with van der Waals surface area (Å²) in [5.41, 5.74) is 11.3. The van der Waals surface area contributed by atoms with Gasteiger partial charge >= 0.3 is 0 Å². The van der Waals surface area contributed by atoms with Crippen LogP contribution in [-0.4, -0.2) is 64.5 Å². The maximum Gasteiger partial charge on any atom is 0.237 e. The molecule has 0 bridgehead atoms. The van der Waals surface area contributed by atoms with Crippen LogP contribution in [0.1, 0.15) is 44.5 Å². The van der Waals surface area contributed by atoms with E-state index in [1.165, 1.54) is 44.5 Å². The molecule has 4 rings (SSSR count). The van der Waals surface area contributed by atoms with Crippen molar-refractivity contribution in [3.05, 3.63) is 68.8 Å². The van der Waals surface area contributed by atoms with E-state index in [-0.39, 0.29) is 0 Å². The molecule has 0 N–H and O–H groups in total. The third kappa shape index (κ3) is 5.00. The first kappa shape index (κ1) is 21.6. The minimum absolute atomic E-state index is 0.977. The van der Waals surface area contributed by atoms with E-state index in [0.29, 0.717) is 0 Å². The van der Waals surface area contributed by atoms with Crippen molar-refractivity contribution in [3.8, 4) is 0 Å². The zero-order valence-corrected chi connectivity index (χ0v) is 20.2. The van der Waals surface area contributed by atoms with Crippen molar-refractivity contribution in [2.45, 2.75) is 54.6 Å². The van der Waals surface area contributed by atoms with Crippen molar-refractivity contribution >= 4 is 12.7 Å². The Bertz CT molecular complexity index is 918. The molecule has 0 unspecified atom stereocenters. The summed E-state index contributed by atoms with van der Waals surface area (Å²) in [7, 11) is 0. The Balaban J connectivity index is 1.38. The van der Waals surface area contributed by atoms with Crippen molar-refractivity contribution in [2.75, 3.05) is 32.8 Å². The molecule has 0 spiro atoms. The van der Waals surface area contributed by atoms with Crippen molar-refractivity contribution in [3.63, 3.8) is 0 Å². The maximum atomic E-state index is 2.47. The number of rotatable bonds is 6. The van der Waals surface area contributed by atoms with Crippen LogP contribution >= 0.6 is 0 Å². The topological polar surface area (TPSA) is 12.5 Å². The van der Waals surface area contributed by atoms with Gasteiger partial charge < -0.3 is 0 Å². The number of nitrogens with zero attached hydrogens (tertiary/aromatic N) is 4. The summed E-state index contributed by atoms with van der Waals surface area (Å²) >= 11 is 0. The minimum Gasteiger partial charge on any atom is -0.260 e. The van der Waals surface area contributed by atoms with Crippen LogP contribution in [0, 0.1) is 41.5 Å². The van der Waals surface area contributed by atoms with E-state index in [0.717, 1.165) is 45.9 Å². The zero-order chi connectivity index (χ0) is 22.1. The normalized spacial score (nSPS) is 16.2. The zero-order valence-electron chi connectivity index (χ0n) is 20.2. The largest absolute Gasteiger partial charge is 0.260 e. The van der Waals surface area contributed by atoms with Crippen LogP contribution in [0.3, 0.4) is 0 Å². The van der Waals surface area contributed by atoms with Gasteiger partial charge in [-0.2, -0.15) is 0 Å². The molecule has 0 fully saturated rings. The van der Waals surface area contributed by atoms with Crippen LogP contribution in [0.2, 0.25) is 0 Å². The molecule has 4 heteroatoms. The van der Waals surface area contributed by atoms with Crippen LogP contribution in [0.4, 0.5) is 0 Å². The molecule has 4 nitrogen and oxygen atoms in total. The molecule has 31 heavy (non-hydrogen) atoms. The molecule has 0 saturated heterocycles. The Morgan fingerprint density at radius 3 is 1.32 bits per heavy atom. The van der Waals surface area contributed by atoms with Gasteiger partial charge in [0, 0.05) is 0 Å². The highest BCUT2D eigenvalue weighted by Crippen LogP contribution is 2.20. The highest BCUT2D eigenvalue weighted by Gasteiger charge is 2.26. The van der Waals surface area contributed by atoms with Crippen LogP contribution < -0.4 is 0 Å². The van der Waals surface area contributed by atoms with Crippen molar-refractivity contribution in [1.29, 1.82) is 0 Å². The monoisotopic (exact) mass is 418 g/mol. The summed E-state index contributed by atoms with van der Waals surface area (Å²) in [6.07, 6.45) is 4.67. The van der Waals surface area contributed by atoms with Crippen LogP contribution in [0.25, 0.3) is 0 Å². The second-order valence-electron chi connectivity index (χ2n) is 9.69. The van der Waals surface area contributed by atoms with Gasteiger partial charge in [0.15, 0.2) is 0 Å². The van der Waals surface area contributed by atoms with Crippen LogP contribution in [0.5, 0.6) is 0 Å². The molecule has 2 aromatic carbocycles. The predicted molar refractivity (Wildman–Crippen MR) is 129 cm³/mol. The first-order chi connectivity index (χ1) is 14.8. The molecule has 0 saturated carbocycles. The smallest absolute Gasteiger partial charge is 0.237 e. The average Bonchev–Trinajstić information content (AvgIpc) is 3.31. The molecule has 0 aromatic heterocycles. The van der Waals surface area contributed by atoms with Gasteiger partial charge in [0.2, 0.25) is 19.3 Å². The summed E-state index contributed by atoms with van der Waals surface area (Å²) in [4.78, 5) is 4.94. The third-order valence-corrected chi connectivity index (χ3v) is 6.77. The standard InChI is InChI=1S/C27H38N4/c1-20-11-22(3)26(23(4)12-20)15-28-7-9-30(17-28)19-31-10-8-29(18-31)16-27-24(5)13-21(2)14-25(27)6/h11-14,17-18H,7-10,15-16,19H2,1-6H3/q+2. The predicted octanol–water partition coefficient (Wildman–Crippen LogP) is 3.91. The van der Waals surface area contributed by atoms with Crippen molar-refractivity contribution < 1.29 is 9.15 Å². The molecular formula is C27H38N4+2. The first-order valence-corrected chi connectivity index (χ1v) is 11.6. The lowest BCUT2D eigenvalue weighted by atomic mass is 9.99. The highest BCUT2D eigenvalue weighted by atomic mass is 15.4. The summed E-state index contributed by atoms with van der Waals surface area (Å²) in [5.74, 6) is 0. The molecule has 0 aliphatic carbocycles. The minimum atomic E-state index is 0.977. The molecule has 0 radical (unpaired) electrons. The Labute approximate surface area is 188 Å². The lowest BCUT2D eigenvalue weighted by molar-refractivity contribution is -0.717. The lowest BCUT2D eigenvalue weighted by Crippen LogP contribution is -2.24. The van der Waals surface area contributed by atoms with Crippen molar-refractivity contribution in [2.24, 2.45) is 0 Å². The van der Waals surface area contributed by atoms with E-state index in [2.05, 4.69) is 97.4 Å². The van der Waals surface area contributed by atoms with Gasteiger partial charge in [-0.25, -0.2) is 9.15 Å². The number of aryl methyl sites for hydroxylation is 6. The molecule has 2 aromatic rings. The van der Waals surface area contributed by atoms with Crippen LogP contribution in [0.15, 0.2) is 24.3 Å². The summed E-state index contributed by atoms with van der Waals surface area (Å²) < 4.78 is 4.92. The fraction of sp³-hybridized carbons (Fsp3) is 0.481. The van der Waals surface area contributed by atoms with E-state index in [1.54, 1.807) is 0 Å². The van der Waals surface area contributed by atoms with Crippen molar-refractivity contribution in [1.82, 2.24) is 9.80 Å². The fourth-order valence-corrected chi connectivity index (χ4v) is 5.22. The van der Waals surface area contributed by atoms with E-state index < -0.39 is 0 Å². The lowest BCUT2D eigenvalue weighted by Gasteiger charge is -2.13. The molecule has 2 aliphatic rings. The second kappa shape index (κ2) is 8.86. The Hall–Kier alpha value is -2.62. The number of hydrogen-bond acceptors (Lipinski definition) is 2. The Morgan fingerprint density at radius 2 is 0.968 bits per heavy atom. The molecule has 0 amide bonds. The van der Waals surface area contributed by atoms with E-state index in [4.69, 9.17) is 0 Å². The van der Waals surface area contributed by atoms with Gasteiger partial charge in [0.05, 0.1) is 0 Å². The van der Waals surface area contributed by atoms with E-state index in [9.17, 15) is 0 Å². The fourth-order valence-electron chi connectivity index (χ4n) is 5.22. The van der Waals surface area contributed by atoms with Gasteiger partial charge in [-0.05, 0) is 74.9 Å². The molecule has 2 heterocycles. The van der Waals surface area contributed by atoms with Gasteiger partial charge in [-0.15, -0.1) is 0 Å². The SMILES string of the molecule is Cc1cc(C)c(CN2C=[N+](C[N+]3=CN(Cc4c(C)cc(C)cc4C)CC3)CC2)c(C)c1. The van der Waals surface area contributed by atoms with Gasteiger partial charge in [0.1, 0.15) is 39.3 Å². The quantitative estimate of drug-likeness (QED) is 0.660. The van der Waals surface area contributed by atoms with Gasteiger partial charge in [0.25, 0.3) is 0 Å². The molecule has 164 valence electrons. The number of hydrogen-bond donors (Lipinski definition) is 0. The summed E-state index contributed by atoms with van der Waals surface area (Å²) in [5, 5.41) is 0. The number of benzene rings is 2. The molecular weight excluding hydrogens is 380 g/mol. The van der Waals surface area contributed by atoms with Gasteiger partial charge in [-0.3, -0.25) is 9.80 Å². The molecule has 0 atom stereocenters. The summed E-state index contributed by atoms with van der Waals surface area (Å²) in [6.45, 7) is 20.8. The second-order valence-corrected chi connectivity index (χ2v) is 9.69. The Morgan fingerprint density at radius 1 is 0.613 bits per heavy atom. The van der Waals surface area contributed by atoms with E-state index in [1.807, 2.05) is 0 Å². The first-order valence-electron chi connectivity index (χ1n) is 11.6.